The normalized spacial score (nSPS) is 10.4. The summed E-state index contributed by atoms with van der Waals surface area (Å²) >= 11 is 1.20. The molecule has 0 aliphatic rings. The van der Waals surface area contributed by atoms with Gasteiger partial charge in [0, 0.05) is 12.2 Å². The molecule has 3 rings (SSSR count). The number of halogens is 1. The Morgan fingerprint density at radius 2 is 1.88 bits per heavy atom. The molecule has 0 radical (unpaired) electrons. The Hall–Kier alpha value is -3.66. The molecule has 1 aromatic heterocycles. The molecule has 2 aromatic carbocycles. The number of nitrogens with zero attached hydrogens (tertiary/aromatic N) is 3. The maximum absolute atomic E-state index is 13.0. The van der Waals surface area contributed by atoms with E-state index in [4.69, 9.17) is 4.74 Å². The lowest BCUT2D eigenvalue weighted by atomic mass is 10.3. The van der Waals surface area contributed by atoms with Crippen LogP contribution in [-0.2, 0) is 22.6 Å². The number of ether oxygens (including phenoxy) is 1. The molecule has 2 amide bonds. The molecule has 8 nitrogen and oxygen atoms in total. The Kier molecular flexibility index (Phi) is 7.98. The topological polar surface area (TPSA) is 98.1 Å². The quantitative estimate of drug-likeness (QED) is 0.359. The summed E-state index contributed by atoms with van der Waals surface area (Å²) in [6.45, 7) is 4.11. The number of hydrogen-bond donors (Lipinski definition) is 2. The number of methoxy groups -OCH3 is 1. The molecule has 0 unspecified atom stereocenters. The summed E-state index contributed by atoms with van der Waals surface area (Å²) in [7, 11) is 1.53. The molecular weight excluding hydrogens is 433 g/mol. The van der Waals surface area contributed by atoms with Crippen LogP contribution in [0.2, 0.25) is 0 Å². The van der Waals surface area contributed by atoms with Gasteiger partial charge in [0.2, 0.25) is 11.8 Å². The molecule has 32 heavy (non-hydrogen) atoms. The summed E-state index contributed by atoms with van der Waals surface area (Å²) < 4.78 is 20.0. The highest BCUT2D eigenvalue weighted by Crippen LogP contribution is 2.24. The van der Waals surface area contributed by atoms with Crippen molar-refractivity contribution in [3.63, 3.8) is 0 Å². The molecular formula is C22H22FN5O3S. The van der Waals surface area contributed by atoms with E-state index in [-0.39, 0.29) is 29.8 Å². The zero-order valence-corrected chi connectivity index (χ0v) is 18.2. The Morgan fingerprint density at radius 3 is 2.59 bits per heavy atom. The van der Waals surface area contributed by atoms with Gasteiger partial charge in [-0.1, -0.05) is 30.0 Å². The second-order valence-corrected chi connectivity index (χ2v) is 7.51. The van der Waals surface area contributed by atoms with E-state index in [1.54, 1.807) is 28.8 Å². The Morgan fingerprint density at radius 1 is 1.12 bits per heavy atom. The van der Waals surface area contributed by atoms with Crippen molar-refractivity contribution in [1.82, 2.24) is 14.8 Å². The van der Waals surface area contributed by atoms with Crippen LogP contribution in [0, 0.1) is 5.82 Å². The molecule has 10 heteroatoms. The minimum Gasteiger partial charge on any atom is -0.495 e. The van der Waals surface area contributed by atoms with Crippen LogP contribution in [-0.4, -0.2) is 39.4 Å². The van der Waals surface area contributed by atoms with E-state index in [0.717, 1.165) is 0 Å². The van der Waals surface area contributed by atoms with Crippen LogP contribution in [0.1, 0.15) is 5.82 Å². The van der Waals surface area contributed by atoms with Crippen LogP contribution in [0.4, 0.5) is 15.8 Å². The number of para-hydroxylation sites is 2. The van der Waals surface area contributed by atoms with E-state index in [1.165, 1.54) is 43.1 Å². The smallest absolute Gasteiger partial charge is 0.234 e. The van der Waals surface area contributed by atoms with Crippen LogP contribution in [0.5, 0.6) is 5.75 Å². The van der Waals surface area contributed by atoms with Gasteiger partial charge < -0.3 is 19.9 Å². The van der Waals surface area contributed by atoms with Gasteiger partial charge in [-0.25, -0.2) is 4.39 Å². The molecule has 1 heterocycles. The van der Waals surface area contributed by atoms with Crippen LogP contribution < -0.4 is 15.4 Å². The number of thioether (sulfide) groups is 1. The first-order chi connectivity index (χ1) is 15.5. The standard InChI is InChI=1S/C22H22FN5O3S/c1-3-12-28-19(13-20(29)24-16-10-8-15(23)9-11-16)26-27-22(28)32-14-21(30)25-17-6-4-5-7-18(17)31-2/h3-11H,1,12-14H2,2H3,(H,24,29)(H,25,30). The molecule has 0 saturated carbocycles. The number of aromatic nitrogens is 3. The molecule has 0 fully saturated rings. The number of carbonyl (C=O) groups is 2. The number of benzene rings is 2. The fourth-order valence-electron chi connectivity index (χ4n) is 2.82. The Bertz CT molecular complexity index is 1100. The molecule has 0 aliphatic carbocycles. The number of carbonyl (C=O) groups excluding carboxylic acids is 2. The average Bonchev–Trinajstić information content (AvgIpc) is 3.15. The Labute approximate surface area is 188 Å². The number of anilines is 2. The number of allylic oxidation sites excluding steroid dienone is 1. The largest absolute Gasteiger partial charge is 0.495 e. The van der Waals surface area contributed by atoms with Gasteiger partial charge in [-0.3, -0.25) is 9.59 Å². The van der Waals surface area contributed by atoms with Crippen molar-refractivity contribution >= 4 is 35.0 Å². The van der Waals surface area contributed by atoms with E-state index in [1.807, 2.05) is 6.07 Å². The van der Waals surface area contributed by atoms with Gasteiger partial charge in [-0.05, 0) is 36.4 Å². The number of rotatable bonds is 10. The lowest BCUT2D eigenvalue weighted by molar-refractivity contribution is -0.116. The molecule has 0 atom stereocenters. The Balaban J connectivity index is 1.62. The second kappa shape index (κ2) is 11.1. The minimum absolute atomic E-state index is 0.0355. The first-order valence-electron chi connectivity index (χ1n) is 9.64. The van der Waals surface area contributed by atoms with E-state index >= 15 is 0 Å². The zero-order valence-electron chi connectivity index (χ0n) is 17.4. The number of amides is 2. The van der Waals surface area contributed by atoms with Gasteiger partial charge in [0.05, 0.1) is 25.0 Å². The predicted octanol–water partition coefficient (Wildman–Crippen LogP) is 3.52. The lowest BCUT2D eigenvalue weighted by Gasteiger charge is -2.10. The molecule has 166 valence electrons. The highest BCUT2D eigenvalue weighted by molar-refractivity contribution is 7.99. The molecule has 0 bridgehead atoms. The van der Waals surface area contributed by atoms with Crippen molar-refractivity contribution in [3.05, 3.63) is 72.8 Å². The third kappa shape index (κ3) is 6.17. The van der Waals surface area contributed by atoms with Crippen LogP contribution in [0.25, 0.3) is 0 Å². The zero-order chi connectivity index (χ0) is 22.9. The van der Waals surface area contributed by atoms with Crippen molar-refractivity contribution in [2.24, 2.45) is 0 Å². The van der Waals surface area contributed by atoms with Crippen molar-refractivity contribution in [1.29, 1.82) is 0 Å². The summed E-state index contributed by atoms with van der Waals surface area (Å²) in [4.78, 5) is 24.7. The van der Waals surface area contributed by atoms with Crippen molar-refractivity contribution in [2.75, 3.05) is 23.5 Å². The summed E-state index contributed by atoms with van der Waals surface area (Å²) in [6.07, 6.45) is 1.62. The third-order valence-corrected chi connectivity index (χ3v) is 5.23. The summed E-state index contributed by atoms with van der Waals surface area (Å²) in [5, 5.41) is 14.2. The molecule has 0 saturated heterocycles. The van der Waals surface area contributed by atoms with Gasteiger partial charge in [0.15, 0.2) is 5.16 Å². The number of hydrogen-bond acceptors (Lipinski definition) is 6. The summed E-state index contributed by atoms with van der Waals surface area (Å²) in [5.41, 5.74) is 1.06. The van der Waals surface area contributed by atoms with Crippen LogP contribution >= 0.6 is 11.8 Å². The first kappa shape index (κ1) is 23.0. The third-order valence-electron chi connectivity index (χ3n) is 4.27. The second-order valence-electron chi connectivity index (χ2n) is 6.57. The van der Waals surface area contributed by atoms with E-state index in [0.29, 0.717) is 34.6 Å². The lowest BCUT2D eigenvalue weighted by Crippen LogP contribution is -2.18. The molecule has 2 N–H and O–H groups in total. The molecule has 0 aliphatic heterocycles. The molecule has 3 aromatic rings. The van der Waals surface area contributed by atoms with Crippen molar-refractivity contribution in [2.45, 2.75) is 18.1 Å². The van der Waals surface area contributed by atoms with Gasteiger partial charge in [-0.2, -0.15) is 0 Å². The fourth-order valence-corrected chi connectivity index (χ4v) is 3.58. The van der Waals surface area contributed by atoms with E-state index in [2.05, 4.69) is 27.4 Å². The highest BCUT2D eigenvalue weighted by Gasteiger charge is 2.17. The monoisotopic (exact) mass is 455 g/mol. The van der Waals surface area contributed by atoms with Gasteiger partial charge in [0.25, 0.3) is 0 Å². The van der Waals surface area contributed by atoms with Crippen molar-refractivity contribution in [3.8, 4) is 5.75 Å². The molecule has 0 spiro atoms. The fraction of sp³-hybridized carbons (Fsp3) is 0.182. The predicted molar refractivity (Wildman–Crippen MR) is 121 cm³/mol. The maximum Gasteiger partial charge on any atom is 0.234 e. The highest BCUT2D eigenvalue weighted by atomic mass is 32.2. The van der Waals surface area contributed by atoms with E-state index < -0.39 is 0 Å². The van der Waals surface area contributed by atoms with Crippen LogP contribution in [0.15, 0.2) is 66.3 Å². The summed E-state index contributed by atoms with van der Waals surface area (Å²) in [6, 6.07) is 12.6. The van der Waals surface area contributed by atoms with Gasteiger partial charge >= 0.3 is 0 Å². The summed E-state index contributed by atoms with van der Waals surface area (Å²) in [5.74, 6) is 0.148. The average molecular weight is 456 g/mol. The minimum atomic E-state index is -0.384. The SMILES string of the molecule is C=CCn1c(CC(=O)Nc2ccc(F)cc2)nnc1SCC(=O)Nc1ccccc1OC. The number of nitrogens with one attached hydrogen (secondary N) is 2. The first-order valence-corrected chi connectivity index (χ1v) is 10.6. The maximum atomic E-state index is 13.0. The van der Waals surface area contributed by atoms with Gasteiger partial charge in [0.1, 0.15) is 17.4 Å². The van der Waals surface area contributed by atoms with E-state index in [9.17, 15) is 14.0 Å². The van der Waals surface area contributed by atoms with Gasteiger partial charge in [-0.15, -0.1) is 16.8 Å². The van der Waals surface area contributed by atoms with Crippen molar-refractivity contribution < 1.29 is 18.7 Å². The van der Waals surface area contributed by atoms with Crippen LogP contribution in [0.3, 0.4) is 0 Å².